The normalized spacial score (nSPS) is 9.46. The highest BCUT2D eigenvalue weighted by atomic mass is 16.4. The van der Waals surface area contributed by atoms with Crippen LogP contribution in [0.25, 0.3) is 11.1 Å². The molecule has 0 unspecified atom stereocenters. The van der Waals surface area contributed by atoms with Gasteiger partial charge in [0.25, 0.3) is 0 Å². The Balaban J connectivity index is 0.000000396. The van der Waals surface area contributed by atoms with Crippen molar-refractivity contribution in [3.8, 4) is 0 Å². The first-order valence-electron chi connectivity index (χ1n) is 4.21. The third kappa shape index (κ3) is 1.96. The molecule has 0 atom stereocenters. The van der Waals surface area contributed by atoms with Crippen molar-refractivity contribution in [3.05, 3.63) is 28.5 Å². The lowest BCUT2D eigenvalue weighted by Gasteiger charge is -1.87. The number of rotatable bonds is 0. The quantitative estimate of drug-likeness (QED) is 0.673. The molecule has 0 aromatic carbocycles. The van der Waals surface area contributed by atoms with Gasteiger partial charge in [-0.25, -0.2) is 4.79 Å². The fraction of sp³-hybridized carbons (Fsp3) is 0.333. The molecule has 1 N–H and O–H groups in total. The number of nitrogens with zero attached hydrogens (tertiary/aromatic N) is 1. The molecule has 0 saturated heterocycles. The van der Waals surface area contributed by atoms with Crippen LogP contribution in [0.1, 0.15) is 19.5 Å². The zero-order valence-corrected chi connectivity index (χ0v) is 7.92. The largest absolute Gasteiger partial charge is 0.417 e. The SMILES string of the molecule is CC.Cc1cc2oc(=O)[nH]c2cn1. The van der Waals surface area contributed by atoms with Crippen molar-refractivity contribution < 1.29 is 4.42 Å². The third-order valence-corrected chi connectivity index (χ3v) is 1.44. The molecule has 2 heterocycles. The fourth-order valence-electron chi connectivity index (χ4n) is 0.948. The summed E-state index contributed by atoms with van der Waals surface area (Å²) in [4.78, 5) is 17.1. The summed E-state index contributed by atoms with van der Waals surface area (Å²) < 4.78 is 4.80. The van der Waals surface area contributed by atoms with Gasteiger partial charge in [-0.05, 0) is 6.92 Å². The number of aromatic amines is 1. The molecule has 0 radical (unpaired) electrons. The van der Waals surface area contributed by atoms with Gasteiger partial charge in [-0.15, -0.1) is 0 Å². The van der Waals surface area contributed by atoms with Crippen LogP contribution in [-0.2, 0) is 0 Å². The Hall–Kier alpha value is -1.58. The van der Waals surface area contributed by atoms with Crippen LogP contribution in [0.3, 0.4) is 0 Å². The summed E-state index contributed by atoms with van der Waals surface area (Å²) in [5.74, 6) is -0.438. The number of hydrogen-bond donors (Lipinski definition) is 1. The molecule has 0 bridgehead atoms. The Bertz CT molecular complexity index is 442. The van der Waals surface area contributed by atoms with E-state index in [1.54, 1.807) is 12.3 Å². The molecule has 4 heteroatoms. The number of hydrogen-bond acceptors (Lipinski definition) is 3. The predicted octanol–water partition coefficient (Wildman–Crippen LogP) is 1.85. The molecule has 0 fully saturated rings. The van der Waals surface area contributed by atoms with E-state index in [0.29, 0.717) is 11.1 Å². The summed E-state index contributed by atoms with van der Waals surface area (Å²) >= 11 is 0. The topological polar surface area (TPSA) is 58.9 Å². The van der Waals surface area contributed by atoms with E-state index in [-0.39, 0.29) is 0 Å². The minimum absolute atomic E-state index is 0.438. The molecule has 2 aromatic heterocycles. The molecule has 0 aliphatic rings. The second kappa shape index (κ2) is 3.89. The van der Waals surface area contributed by atoms with Crippen LogP contribution in [0.5, 0.6) is 0 Å². The predicted molar refractivity (Wildman–Crippen MR) is 50.7 cm³/mol. The number of H-pyrrole nitrogens is 1. The van der Waals surface area contributed by atoms with E-state index in [9.17, 15) is 4.79 Å². The zero-order valence-electron chi connectivity index (χ0n) is 7.92. The Labute approximate surface area is 75.6 Å². The Morgan fingerprint density at radius 3 is 2.85 bits per heavy atom. The first kappa shape index (κ1) is 9.51. The highest BCUT2D eigenvalue weighted by molar-refractivity contribution is 5.70. The van der Waals surface area contributed by atoms with E-state index < -0.39 is 5.76 Å². The highest BCUT2D eigenvalue weighted by Gasteiger charge is 1.99. The maximum Gasteiger partial charge on any atom is 0.417 e. The molecule has 4 nitrogen and oxygen atoms in total. The third-order valence-electron chi connectivity index (χ3n) is 1.44. The van der Waals surface area contributed by atoms with Crippen molar-refractivity contribution in [2.45, 2.75) is 20.8 Å². The van der Waals surface area contributed by atoms with Gasteiger partial charge in [0.15, 0.2) is 5.58 Å². The van der Waals surface area contributed by atoms with Gasteiger partial charge in [-0.2, -0.15) is 0 Å². The number of oxazole rings is 1. The maximum absolute atomic E-state index is 10.7. The molecule has 0 aliphatic carbocycles. The number of pyridine rings is 1. The Morgan fingerprint density at radius 1 is 1.46 bits per heavy atom. The lowest BCUT2D eigenvalue weighted by Crippen LogP contribution is -1.92. The lowest BCUT2D eigenvalue weighted by molar-refractivity contribution is 0.555. The van der Waals surface area contributed by atoms with Gasteiger partial charge in [-0.1, -0.05) is 13.8 Å². The highest BCUT2D eigenvalue weighted by Crippen LogP contribution is 2.07. The number of nitrogens with one attached hydrogen (secondary N) is 1. The van der Waals surface area contributed by atoms with Gasteiger partial charge in [0.05, 0.1) is 6.20 Å². The van der Waals surface area contributed by atoms with E-state index in [0.717, 1.165) is 5.69 Å². The molecule has 2 aromatic rings. The maximum atomic E-state index is 10.7. The van der Waals surface area contributed by atoms with Crippen LogP contribution in [0, 0.1) is 6.92 Å². The molecular formula is C9H12N2O2. The second-order valence-corrected chi connectivity index (χ2v) is 2.34. The van der Waals surface area contributed by atoms with Crippen LogP contribution in [0.4, 0.5) is 0 Å². The van der Waals surface area contributed by atoms with Crippen LogP contribution in [-0.4, -0.2) is 9.97 Å². The van der Waals surface area contributed by atoms with Crippen LogP contribution < -0.4 is 5.76 Å². The minimum atomic E-state index is -0.438. The second-order valence-electron chi connectivity index (χ2n) is 2.34. The molecule has 0 aliphatic heterocycles. The zero-order chi connectivity index (χ0) is 9.84. The van der Waals surface area contributed by atoms with Gasteiger partial charge >= 0.3 is 5.76 Å². The summed E-state index contributed by atoms with van der Waals surface area (Å²) in [5.41, 5.74) is 2.03. The van der Waals surface area contributed by atoms with E-state index in [1.165, 1.54) is 0 Å². The monoisotopic (exact) mass is 180 g/mol. The van der Waals surface area contributed by atoms with Gasteiger partial charge < -0.3 is 4.42 Å². The Morgan fingerprint density at radius 2 is 2.15 bits per heavy atom. The van der Waals surface area contributed by atoms with Crippen molar-refractivity contribution in [3.63, 3.8) is 0 Å². The average molecular weight is 180 g/mol. The molecule has 0 spiro atoms. The van der Waals surface area contributed by atoms with Crippen molar-refractivity contribution >= 4 is 11.1 Å². The smallest absolute Gasteiger partial charge is 0.408 e. The van der Waals surface area contributed by atoms with Crippen molar-refractivity contribution in [1.29, 1.82) is 0 Å². The summed E-state index contributed by atoms with van der Waals surface area (Å²) in [6.07, 6.45) is 1.58. The van der Waals surface area contributed by atoms with Crippen LogP contribution >= 0.6 is 0 Å². The standard InChI is InChI=1S/C7H6N2O2.C2H6/c1-4-2-6-5(3-8-4)9-7(10)11-6;1-2/h2-3H,1H3,(H,9,10);1-2H3. The molecule has 0 saturated carbocycles. The summed E-state index contributed by atoms with van der Waals surface area (Å²) in [7, 11) is 0. The van der Waals surface area contributed by atoms with Crippen molar-refractivity contribution in [2.24, 2.45) is 0 Å². The average Bonchev–Trinajstić information content (AvgIpc) is 2.48. The molecule has 0 amide bonds. The lowest BCUT2D eigenvalue weighted by atomic mass is 10.3. The van der Waals surface area contributed by atoms with Gasteiger partial charge in [-0.3, -0.25) is 9.97 Å². The number of fused-ring (bicyclic) bond motifs is 1. The van der Waals surface area contributed by atoms with Crippen molar-refractivity contribution in [1.82, 2.24) is 9.97 Å². The first-order valence-corrected chi connectivity index (χ1v) is 4.21. The molecular weight excluding hydrogens is 168 g/mol. The van der Waals surface area contributed by atoms with Gasteiger partial charge in [0.1, 0.15) is 5.52 Å². The van der Waals surface area contributed by atoms with E-state index >= 15 is 0 Å². The summed E-state index contributed by atoms with van der Waals surface area (Å²) in [6.45, 7) is 5.84. The van der Waals surface area contributed by atoms with Crippen LogP contribution in [0.15, 0.2) is 21.5 Å². The summed E-state index contributed by atoms with van der Waals surface area (Å²) in [5, 5.41) is 0. The van der Waals surface area contributed by atoms with E-state index in [2.05, 4.69) is 9.97 Å². The minimum Gasteiger partial charge on any atom is -0.408 e. The Kier molecular flexibility index (Phi) is 2.84. The number of aryl methyl sites for hydroxylation is 1. The molecule has 70 valence electrons. The molecule has 13 heavy (non-hydrogen) atoms. The van der Waals surface area contributed by atoms with E-state index in [4.69, 9.17) is 4.42 Å². The number of aromatic nitrogens is 2. The van der Waals surface area contributed by atoms with Crippen LogP contribution in [0.2, 0.25) is 0 Å². The van der Waals surface area contributed by atoms with Gasteiger partial charge in [0.2, 0.25) is 0 Å². The fourth-order valence-corrected chi connectivity index (χ4v) is 0.948. The molecule has 2 rings (SSSR count). The van der Waals surface area contributed by atoms with Gasteiger partial charge in [0, 0.05) is 11.8 Å². The van der Waals surface area contributed by atoms with E-state index in [1.807, 2.05) is 20.8 Å². The summed E-state index contributed by atoms with van der Waals surface area (Å²) in [6, 6.07) is 1.72. The first-order chi connectivity index (χ1) is 6.25. The van der Waals surface area contributed by atoms with Crippen molar-refractivity contribution in [2.75, 3.05) is 0 Å².